The highest BCUT2D eigenvalue weighted by Gasteiger charge is 2.25. The monoisotopic (exact) mass is 346 g/mol. The topological polar surface area (TPSA) is 32.3 Å². The first-order chi connectivity index (χ1) is 11.6. The van der Waals surface area contributed by atoms with Gasteiger partial charge in [0.25, 0.3) is 0 Å². The Bertz CT molecular complexity index is 714. The third-order valence-corrected chi connectivity index (χ3v) is 4.77. The van der Waals surface area contributed by atoms with Crippen LogP contribution >= 0.6 is 11.6 Å². The van der Waals surface area contributed by atoms with Crippen molar-refractivity contribution in [3.05, 3.63) is 64.9 Å². The minimum Gasteiger partial charge on any atom is -0.325 e. The van der Waals surface area contributed by atoms with Crippen molar-refractivity contribution in [3.63, 3.8) is 0 Å². The van der Waals surface area contributed by atoms with Gasteiger partial charge < -0.3 is 5.32 Å². The summed E-state index contributed by atoms with van der Waals surface area (Å²) in [5, 5.41) is 3.45. The molecule has 1 aliphatic heterocycles. The second kappa shape index (κ2) is 7.77. The van der Waals surface area contributed by atoms with Crippen molar-refractivity contribution in [2.24, 2.45) is 5.92 Å². The molecule has 3 nitrogen and oxygen atoms in total. The highest BCUT2D eigenvalue weighted by atomic mass is 35.5. The zero-order valence-corrected chi connectivity index (χ0v) is 14.1. The van der Waals surface area contributed by atoms with Crippen molar-refractivity contribution in [1.82, 2.24) is 4.90 Å². The molecule has 24 heavy (non-hydrogen) atoms. The van der Waals surface area contributed by atoms with Crippen LogP contribution in [0.4, 0.5) is 10.1 Å². The van der Waals surface area contributed by atoms with Gasteiger partial charge in [-0.1, -0.05) is 41.9 Å². The Hall–Kier alpha value is -1.91. The zero-order valence-electron chi connectivity index (χ0n) is 13.3. The minimum atomic E-state index is -0.170. The number of para-hydroxylation sites is 1. The van der Waals surface area contributed by atoms with Gasteiger partial charge in [-0.05, 0) is 44.1 Å². The molecule has 1 aliphatic rings. The highest BCUT2D eigenvalue weighted by molar-refractivity contribution is 6.33. The Morgan fingerprint density at radius 3 is 2.50 bits per heavy atom. The predicted molar refractivity (Wildman–Crippen MR) is 94.5 cm³/mol. The number of carbonyl (C=O) groups is 1. The minimum absolute atomic E-state index is 0.00800. The Morgan fingerprint density at radius 1 is 1.12 bits per heavy atom. The molecule has 0 atom stereocenters. The summed E-state index contributed by atoms with van der Waals surface area (Å²) < 4.78 is 13.7. The SMILES string of the molecule is O=C(Nc1ccccc1Cl)C1CCN(Cc2ccccc2F)CC1. The zero-order chi connectivity index (χ0) is 16.9. The molecular weight excluding hydrogens is 327 g/mol. The van der Waals surface area contributed by atoms with Crippen LogP contribution in [0.1, 0.15) is 18.4 Å². The molecule has 0 saturated carbocycles. The summed E-state index contributed by atoms with van der Waals surface area (Å²) in [5.74, 6) is -0.192. The Kier molecular flexibility index (Phi) is 5.48. The Labute approximate surface area is 146 Å². The summed E-state index contributed by atoms with van der Waals surface area (Å²) in [6.45, 7) is 2.16. The number of nitrogens with one attached hydrogen (secondary N) is 1. The van der Waals surface area contributed by atoms with E-state index < -0.39 is 0 Å². The number of halogens is 2. The van der Waals surface area contributed by atoms with Crippen LogP contribution in [0.15, 0.2) is 48.5 Å². The van der Waals surface area contributed by atoms with Crippen LogP contribution in [0.25, 0.3) is 0 Å². The number of rotatable bonds is 4. The first kappa shape index (κ1) is 16.9. The highest BCUT2D eigenvalue weighted by Crippen LogP contribution is 2.24. The fraction of sp³-hybridized carbons (Fsp3) is 0.316. The average Bonchev–Trinajstić information content (AvgIpc) is 2.59. The van der Waals surface area contributed by atoms with Gasteiger partial charge in [-0.2, -0.15) is 0 Å². The first-order valence-corrected chi connectivity index (χ1v) is 8.52. The molecular formula is C19H20ClFN2O. The summed E-state index contributed by atoms with van der Waals surface area (Å²) in [6, 6.07) is 14.1. The second-order valence-electron chi connectivity index (χ2n) is 6.11. The van der Waals surface area contributed by atoms with E-state index in [-0.39, 0.29) is 17.6 Å². The quantitative estimate of drug-likeness (QED) is 0.893. The lowest BCUT2D eigenvalue weighted by atomic mass is 9.95. The fourth-order valence-corrected chi connectivity index (χ4v) is 3.20. The molecule has 0 aliphatic carbocycles. The molecule has 1 heterocycles. The Morgan fingerprint density at radius 2 is 1.79 bits per heavy atom. The van der Waals surface area contributed by atoms with Crippen LogP contribution in [-0.2, 0) is 11.3 Å². The Balaban J connectivity index is 1.52. The summed E-state index contributed by atoms with van der Waals surface area (Å²) in [7, 11) is 0. The van der Waals surface area contributed by atoms with E-state index in [1.165, 1.54) is 6.07 Å². The van der Waals surface area contributed by atoms with E-state index in [4.69, 9.17) is 11.6 Å². The first-order valence-electron chi connectivity index (χ1n) is 8.14. The number of amides is 1. The van der Waals surface area contributed by atoms with Crippen molar-refractivity contribution in [2.75, 3.05) is 18.4 Å². The standard InChI is InChI=1S/C19H20ClFN2O/c20-16-6-2-4-8-18(16)22-19(24)14-9-11-23(12-10-14)13-15-5-1-3-7-17(15)21/h1-8,14H,9-13H2,(H,22,24). The number of nitrogens with zero attached hydrogens (tertiary/aromatic N) is 1. The van der Waals surface area contributed by atoms with Gasteiger partial charge in [0.1, 0.15) is 5.82 Å². The van der Waals surface area contributed by atoms with Gasteiger partial charge in [0.05, 0.1) is 10.7 Å². The molecule has 2 aromatic carbocycles. The van der Waals surface area contributed by atoms with Gasteiger partial charge in [-0.3, -0.25) is 9.69 Å². The van der Waals surface area contributed by atoms with Gasteiger partial charge in [0, 0.05) is 18.0 Å². The lowest BCUT2D eigenvalue weighted by molar-refractivity contribution is -0.121. The van der Waals surface area contributed by atoms with Crippen molar-refractivity contribution in [2.45, 2.75) is 19.4 Å². The molecule has 1 N–H and O–H groups in total. The molecule has 0 spiro atoms. The molecule has 0 aromatic heterocycles. The summed E-state index contributed by atoms with van der Waals surface area (Å²) in [5.41, 5.74) is 1.36. The van der Waals surface area contributed by atoms with E-state index in [0.29, 0.717) is 22.8 Å². The van der Waals surface area contributed by atoms with E-state index in [1.807, 2.05) is 24.3 Å². The number of hydrogen-bond donors (Lipinski definition) is 1. The number of carbonyl (C=O) groups excluding carboxylic acids is 1. The van der Waals surface area contributed by atoms with Gasteiger partial charge in [-0.15, -0.1) is 0 Å². The molecule has 126 valence electrons. The molecule has 0 radical (unpaired) electrons. The fourth-order valence-electron chi connectivity index (χ4n) is 3.02. The van der Waals surface area contributed by atoms with Crippen LogP contribution in [0.3, 0.4) is 0 Å². The van der Waals surface area contributed by atoms with Gasteiger partial charge in [-0.25, -0.2) is 4.39 Å². The molecule has 5 heteroatoms. The number of likely N-dealkylation sites (tertiary alicyclic amines) is 1. The van der Waals surface area contributed by atoms with E-state index in [2.05, 4.69) is 10.2 Å². The van der Waals surface area contributed by atoms with Crippen molar-refractivity contribution in [3.8, 4) is 0 Å². The molecule has 0 unspecified atom stereocenters. The van der Waals surface area contributed by atoms with Crippen LogP contribution in [0, 0.1) is 11.7 Å². The molecule has 0 bridgehead atoms. The third kappa shape index (κ3) is 4.13. The molecule has 1 saturated heterocycles. The van der Waals surface area contributed by atoms with Crippen molar-refractivity contribution >= 4 is 23.2 Å². The van der Waals surface area contributed by atoms with E-state index in [0.717, 1.165) is 25.9 Å². The molecule has 3 rings (SSSR count). The largest absolute Gasteiger partial charge is 0.325 e. The average molecular weight is 347 g/mol. The molecule has 1 fully saturated rings. The van der Waals surface area contributed by atoms with Crippen LogP contribution < -0.4 is 5.32 Å². The lowest BCUT2D eigenvalue weighted by Crippen LogP contribution is -2.37. The van der Waals surface area contributed by atoms with Crippen LogP contribution in [0.5, 0.6) is 0 Å². The predicted octanol–water partition coefficient (Wildman–Crippen LogP) is 4.33. The van der Waals surface area contributed by atoms with Crippen LogP contribution in [-0.4, -0.2) is 23.9 Å². The molecule has 1 amide bonds. The summed E-state index contributed by atoms with van der Waals surface area (Å²) in [6.07, 6.45) is 1.54. The van der Waals surface area contributed by atoms with Crippen molar-refractivity contribution in [1.29, 1.82) is 0 Å². The maximum Gasteiger partial charge on any atom is 0.227 e. The van der Waals surface area contributed by atoms with E-state index in [1.54, 1.807) is 18.2 Å². The number of anilines is 1. The van der Waals surface area contributed by atoms with Crippen LogP contribution in [0.2, 0.25) is 5.02 Å². The maximum absolute atomic E-state index is 13.7. The number of piperidine rings is 1. The van der Waals surface area contributed by atoms with Crippen molar-refractivity contribution < 1.29 is 9.18 Å². The third-order valence-electron chi connectivity index (χ3n) is 4.44. The normalized spacial score (nSPS) is 16.1. The van der Waals surface area contributed by atoms with Gasteiger partial charge in [0.15, 0.2) is 0 Å². The lowest BCUT2D eigenvalue weighted by Gasteiger charge is -2.31. The smallest absolute Gasteiger partial charge is 0.227 e. The van der Waals surface area contributed by atoms with E-state index in [9.17, 15) is 9.18 Å². The van der Waals surface area contributed by atoms with Gasteiger partial charge >= 0.3 is 0 Å². The maximum atomic E-state index is 13.7. The number of hydrogen-bond acceptors (Lipinski definition) is 2. The number of benzene rings is 2. The summed E-state index contributed by atoms with van der Waals surface area (Å²) in [4.78, 5) is 14.6. The second-order valence-corrected chi connectivity index (χ2v) is 6.52. The summed E-state index contributed by atoms with van der Waals surface area (Å²) >= 11 is 6.08. The van der Waals surface area contributed by atoms with E-state index >= 15 is 0 Å². The van der Waals surface area contributed by atoms with Gasteiger partial charge in [0.2, 0.25) is 5.91 Å². The molecule has 2 aromatic rings.